The molecule has 1 fully saturated rings. The Labute approximate surface area is 115 Å². The summed E-state index contributed by atoms with van der Waals surface area (Å²) in [5.41, 5.74) is -0.453. The van der Waals surface area contributed by atoms with Gasteiger partial charge in [-0.25, -0.2) is 4.79 Å². The number of nitrogens with one attached hydrogen (secondary N) is 1. The van der Waals surface area contributed by atoms with Crippen LogP contribution in [0.25, 0.3) is 0 Å². The number of alkyl carbamates (subject to hydrolysis) is 1. The van der Waals surface area contributed by atoms with Crippen LogP contribution in [0.2, 0.25) is 0 Å². The van der Waals surface area contributed by atoms with E-state index in [-0.39, 0.29) is 17.9 Å². The van der Waals surface area contributed by atoms with Crippen LogP contribution in [0, 0.1) is 5.92 Å². The number of amides is 1. The van der Waals surface area contributed by atoms with E-state index in [2.05, 4.69) is 5.32 Å². The topological polar surface area (TPSA) is 55.4 Å². The fourth-order valence-electron chi connectivity index (χ4n) is 2.20. The van der Waals surface area contributed by atoms with Gasteiger partial charge in [-0.05, 0) is 65.4 Å². The average Bonchev–Trinajstić information content (AvgIpc) is 2.25. The predicted octanol–water partition coefficient (Wildman–Crippen LogP) is 3.22. The van der Waals surface area contributed by atoms with Gasteiger partial charge in [0.15, 0.2) is 5.78 Å². The van der Waals surface area contributed by atoms with Crippen molar-refractivity contribution in [3.63, 3.8) is 0 Å². The molecule has 0 aliphatic heterocycles. The monoisotopic (exact) mass is 267 g/mol. The van der Waals surface area contributed by atoms with Crippen LogP contribution in [0.4, 0.5) is 4.79 Å². The Morgan fingerprint density at radius 3 is 2.21 bits per heavy atom. The second-order valence-electron chi connectivity index (χ2n) is 6.23. The SMILES string of the molecule is CC(=O)/C=C/[C@H]1CC[C@H](NC(=O)OC(C)(C)C)CC1. The fourth-order valence-corrected chi connectivity index (χ4v) is 2.20. The summed E-state index contributed by atoms with van der Waals surface area (Å²) in [4.78, 5) is 22.5. The maximum absolute atomic E-state index is 11.6. The Hall–Kier alpha value is -1.32. The molecule has 1 saturated carbocycles. The normalized spacial score (nSPS) is 24.2. The van der Waals surface area contributed by atoms with Crippen molar-refractivity contribution in [2.75, 3.05) is 0 Å². The molecule has 0 aromatic carbocycles. The lowest BCUT2D eigenvalue weighted by molar-refractivity contribution is -0.112. The van der Waals surface area contributed by atoms with Gasteiger partial charge in [-0.1, -0.05) is 6.08 Å². The number of allylic oxidation sites excluding steroid dienone is 2. The Kier molecular flexibility index (Phi) is 5.58. The Morgan fingerprint density at radius 2 is 1.74 bits per heavy atom. The minimum Gasteiger partial charge on any atom is -0.444 e. The van der Waals surface area contributed by atoms with E-state index in [0.717, 1.165) is 25.7 Å². The van der Waals surface area contributed by atoms with E-state index in [1.807, 2.05) is 26.8 Å². The van der Waals surface area contributed by atoms with Gasteiger partial charge < -0.3 is 10.1 Å². The second-order valence-corrected chi connectivity index (χ2v) is 6.23. The highest BCUT2D eigenvalue weighted by Crippen LogP contribution is 2.25. The molecular formula is C15H25NO3. The minimum atomic E-state index is -0.453. The average molecular weight is 267 g/mol. The van der Waals surface area contributed by atoms with Gasteiger partial charge in [-0.2, -0.15) is 0 Å². The van der Waals surface area contributed by atoms with Crippen molar-refractivity contribution in [3.05, 3.63) is 12.2 Å². The zero-order valence-electron chi connectivity index (χ0n) is 12.4. The smallest absolute Gasteiger partial charge is 0.407 e. The van der Waals surface area contributed by atoms with Gasteiger partial charge >= 0.3 is 6.09 Å². The third-order valence-corrected chi connectivity index (χ3v) is 3.10. The van der Waals surface area contributed by atoms with E-state index in [1.54, 1.807) is 13.0 Å². The van der Waals surface area contributed by atoms with E-state index >= 15 is 0 Å². The van der Waals surface area contributed by atoms with E-state index < -0.39 is 5.60 Å². The van der Waals surface area contributed by atoms with Crippen LogP contribution in [0.3, 0.4) is 0 Å². The quantitative estimate of drug-likeness (QED) is 0.799. The molecule has 1 aliphatic rings. The van der Waals surface area contributed by atoms with E-state index in [1.165, 1.54) is 0 Å². The van der Waals surface area contributed by atoms with Crippen molar-refractivity contribution < 1.29 is 14.3 Å². The van der Waals surface area contributed by atoms with Gasteiger partial charge in [0.25, 0.3) is 0 Å². The summed E-state index contributed by atoms with van der Waals surface area (Å²) in [5.74, 6) is 0.551. The molecule has 4 nitrogen and oxygen atoms in total. The molecule has 0 spiro atoms. The van der Waals surface area contributed by atoms with Crippen molar-refractivity contribution in [2.24, 2.45) is 5.92 Å². The van der Waals surface area contributed by atoms with Crippen LogP contribution >= 0.6 is 0 Å². The molecule has 0 saturated heterocycles. The van der Waals surface area contributed by atoms with Crippen LogP contribution in [-0.4, -0.2) is 23.5 Å². The zero-order chi connectivity index (χ0) is 14.5. The van der Waals surface area contributed by atoms with Crippen LogP contribution in [0.1, 0.15) is 53.4 Å². The number of hydrogen-bond donors (Lipinski definition) is 1. The number of ketones is 1. The summed E-state index contributed by atoms with van der Waals surface area (Å²) in [6, 6.07) is 0.192. The molecule has 0 aromatic rings. The number of carbonyl (C=O) groups is 2. The molecule has 0 unspecified atom stereocenters. The fraction of sp³-hybridized carbons (Fsp3) is 0.733. The van der Waals surface area contributed by atoms with Crippen molar-refractivity contribution in [2.45, 2.75) is 65.0 Å². The highest BCUT2D eigenvalue weighted by atomic mass is 16.6. The van der Waals surface area contributed by atoms with Crippen molar-refractivity contribution in [1.29, 1.82) is 0 Å². The van der Waals surface area contributed by atoms with Gasteiger partial charge in [0.2, 0.25) is 0 Å². The summed E-state index contributed by atoms with van der Waals surface area (Å²) < 4.78 is 5.24. The molecule has 0 heterocycles. The molecule has 0 atom stereocenters. The molecule has 1 amide bonds. The number of carbonyl (C=O) groups excluding carboxylic acids is 2. The summed E-state index contributed by atoms with van der Waals surface area (Å²) >= 11 is 0. The zero-order valence-corrected chi connectivity index (χ0v) is 12.4. The Morgan fingerprint density at radius 1 is 1.16 bits per heavy atom. The number of ether oxygens (including phenoxy) is 1. The summed E-state index contributed by atoms with van der Waals surface area (Å²) in [6.45, 7) is 7.13. The molecule has 1 N–H and O–H groups in total. The lowest BCUT2D eigenvalue weighted by Crippen LogP contribution is -2.40. The Balaban J connectivity index is 2.30. The molecule has 0 radical (unpaired) electrons. The van der Waals surface area contributed by atoms with Gasteiger partial charge in [0, 0.05) is 6.04 Å². The van der Waals surface area contributed by atoms with Gasteiger partial charge in [-0.3, -0.25) is 4.79 Å². The van der Waals surface area contributed by atoms with E-state index in [9.17, 15) is 9.59 Å². The van der Waals surface area contributed by atoms with Gasteiger partial charge in [0.05, 0.1) is 0 Å². The molecule has 1 rings (SSSR count). The highest BCUT2D eigenvalue weighted by Gasteiger charge is 2.23. The first-order valence-corrected chi connectivity index (χ1v) is 6.94. The standard InChI is InChI=1S/C15H25NO3/c1-11(17)5-6-12-7-9-13(10-8-12)16-14(18)19-15(2,3)4/h5-6,12-13H,7-10H2,1-4H3,(H,16,18)/b6-5+/t12-,13-. The molecule has 0 aromatic heterocycles. The first-order chi connectivity index (χ1) is 8.76. The minimum absolute atomic E-state index is 0.0917. The number of rotatable bonds is 3. The van der Waals surface area contributed by atoms with Crippen LogP contribution in [0.15, 0.2) is 12.2 Å². The van der Waals surface area contributed by atoms with Gasteiger partial charge in [0.1, 0.15) is 5.60 Å². The van der Waals surface area contributed by atoms with Crippen molar-refractivity contribution in [1.82, 2.24) is 5.32 Å². The lowest BCUT2D eigenvalue weighted by Gasteiger charge is -2.28. The second kappa shape index (κ2) is 6.73. The van der Waals surface area contributed by atoms with E-state index in [0.29, 0.717) is 5.92 Å². The lowest BCUT2D eigenvalue weighted by atomic mass is 9.86. The molecule has 4 heteroatoms. The first kappa shape index (κ1) is 15.7. The third-order valence-electron chi connectivity index (χ3n) is 3.10. The van der Waals surface area contributed by atoms with Gasteiger partial charge in [-0.15, -0.1) is 0 Å². The molecule has 19 heavy (non-hydrogen) atoms. The third kappa shape index (κ3) is 6.99. The molecule has 0 bridgehead atoms. The molecule has 108 valence electrons. The first-order valence-electron chi connectivity index (χ1n) is 6.94. The molecular weight excluding hydrogens is 242 g/mol. The van der Waals surface area contributed by atoms with Crippen LogP contribution < -0.4 is 5.32 Å². The highest BCUT2D eigenvalue weighted by molar-refractivity contribution is 5.87. The predicted molar refractivity (Wildman–Crippen MR) is 74.9 cm³/mol. The molecule has 1 aliphatic carbocycles. The van der Waals surface area contributed by atoms with Crippen molar-refractivity contribution in [3.8, 4) is 0 Å². The summed E-state index contributed by atoms with van der Waals surface area (Å²) in [7, 11) is 0. The summed E-state index contributed by atoms with van der Waals surface area (Å²) in [6.07, 6.45) is 7.18. The number of hydrogen-bond acceptors (Lipinski definition) is 3. The largest absolute Gasteiger partial charge is 0.444 e. The van der Waals surface area contributed by atoms with Crippen LogP contribution in [-0.2, 0) is 9.53 Å². The Bertz CT molecular complexity index is 347. The van der Waals surface area contributed by atoms with Crippen LogP contribution in [0.5, 0.6) is 0 Å². The summed E-state index contributed by atoms with van der Waals surface area (Å²) in [5, 5.41) is 2.91. The maximum atomic E-state index is 11.6. The maximum Gasteiger partial charge on any atom is 0.407 e. The van der Waals surface area contributed by atoms with E-state index in [4.69, 9.17) is 4.74 Å². The van der Waals surface area contributed by atoms with Crippen molar-refractivity contribution >= 4 is 11.9 Å².